The first-order valence-corrected chi connectivity index (χ1v) is 8.75. The number of hydrogen-bond donors (Lipinski definition) is 0. The molecule has 5 heteroatoms. The predicted molar refractivity (Wildman–Crippen MR) is 107 cm³/mol. The number of methoxy groups -OCH3 is 1. The average Bonchev–Trinajstić information content (AvgIpc) is 2.67. The Morgan fingerprint density at radius 2 is 1.73 bits per heavy atom. The molecule has 0 fully saturated rings. The van der Waals surface area contributed by atoms with Gasteiger partial charge >= 0.3 is 0 Å². The fourth-order valence-electron chi connectivity index (χ4n) is 2.34. The van der Waals surface area contributed by atoms with Crippen molar-refractivity contribution in [2.24, 2.45) is 4.99 Å². The monoisotopic (exact) mass is 385 g/mol. The van der Waals surface area contributed by atoms with E-state index >= 15 is 0 Å². The van der Waals surface area contributed by atoms with Gasteiger partial charge in [0.2, 0.25) is 0 Å². The number of halogens is 2. The second kappa shape index (κ2) is 8.75. The van der Waals surface area contributed by atoms with E-state index in [4.69, 9.17) is 32.7 Å². The lowest BCUT2D eigenvalue weighted by Crippen LogP contribution is -1.99. The van der Waals surface area contributed by atoms with E-state index in [0.717, 1.165) is 16.8 Å². The van der Waals surface area contributed by atoms with Gasteiger partial charge in [-0.15, -0.1) is 0 Å². The normalized spacial score (nSPS) is 10.9. The maximum absolute atomic E-state index is 6.18. The zero-order valence-corrected chi connectivity index (χ0v) is 15.7. The topological polar surface area (TPSA) is 30.8 Å². The Labute approximate surface area is 162 Å². The molecule has 0 N–H and O–H groups in total. The van der Waals surface area contributed by atoms with Crippen molar-refractivity contribution in [3.8, 4) is 11.5 Å². The van der Waals surface area contributed by atoms with Crippen molar-refractivity contribution < 1.29 is 9.47 Å². The summed E-state index contributed by atoms with van der Waals surface area (Å²) in [5.74, 6) is 1.27. The van der Waals surface area contributed by atoms with Gasteiger partial charge in [-0.05, 0) is 48.0 Å². The van der Waals surface area contributed by atoms with E-state index in [9.17, 15) is 0 Å². The lowest BCUT2D eigenvalue weighted by molar-refractivity contribution is 0.284. The van der Waals surface area contributed by atoms with Crippen LogP contribution >= 0.6 is 23.2 Å². The Bertz CT molecular complexity index is 911. The number of ether oxygens (including phenoxy) is 2. The molecule has 132 valence electrons. The number of hydrogen-bond acceptors (Lipinski definition) is 3. The molecule has 0 unspecified atom stereocenters. The second-order valence-electron chi connectivity index (χ2n) is 5.53. The van der Waals surface area contributed by atoms with Crippen LogP contribution in [0.25, 0.3) is 0 Å². The quantitative estimate of drug-likeness (QED) is 0.464. The minimum Gasteiger partial charge on any atom is -0.493 e. The Morgan fingerprint density at radius 1 is 0.923 bits per heavy atom. The summed E-state index contributed by atoms with van der Waals surface area (Å²) in [5.41, 5.74) is 2.67. The molecule has 0 aliphatic rings. The molecule has 0 saturated heterocycles. The van der Waals surface area contributed by atoms with Gasteiger partial charge in [-0.3, -0.25) is 4.99 Å². The zero-order chi connectivity index (χ0) is 18.4. The highest BCUT2D eigenvalue weighted by atomic mass is 35.5. The van der Waals surface area contributed by atoms with E-state index in [0.29, 0.717) is 28.2 Å². The van der Waals surface area contributed by atoms with Crippen LogP contribution in [0.1, 0.15) is 11.1 Å². The van der Waals surface area contributed by atoms with Crippen LogP contribution in [0.5, 0.6) is 11.5 Å². The predicted octanol–water partition coefficient (Wildman–Crippen LogP) is 6.33. The molecule has 0 radical (unpaired) electrons. The molecule has 0 spiro atoms. The number of rotatable bonds is 6. The molecule has 26 heavy (non-hydrogen) atoms. The van der Waals surface area contributed by atoms with Gasteiger partial charge in [-0.25, -0.2) is 0 Å². The Kier molecular flexibility index (Phi) is 6.16. The van der Waals surface area contributed by atoms with Gasteiger partial charge in [-0.2, -0.15) is 0 Å². The first kappa shape index (κ1) is 18.3. The molecule has 3 rings (SSSR count). The van der Waals surface area contributed by atoms with Crippen molar-refractivity contribution in [3.63, 3.8) is 0 Å². The molecule has 0 bridgehead atoms. The molecule has 3 aromatic carbocycles. The third kappa shape index (κ3) is 4.78. The van der Waals surface area contributed by atoms with Crippen LogP contribution in [0.3, 0.4) is 0 Å². The summed E-state index contributed by atoms with van der Waals surface area (Å²) in [7, 11) is 1.61. The van der Waals surface area contributed by atoms with Crippen LogP contribution in [0.2, 0.25) is 10.0 Å². The maximum atomic E-state index is 6.18. The first-order chi connectivity index (χ1) is 12.7. The molecule has 0 saturated carbocycles. The Balaban J connectivity index is 1.73. The minimum absolute atomic E-state index is 0.323. The van der Waals surface area contributed by atoms with Gasteiger partial charge in [0.1, 0.15) is 6.61 Å². The van der Waals surface area contributed by atoms with E-state index in [2.05, 4.69) is 4.99 Å². The summed E-state index contributed by atoms with van der Waals surface area (Å²) >= 11 is 12.1. The van der Waals surface area contributed by atoms with Gasteiger partial charge in [-0.1, -0.05) is 47.5 Å². The number of nitrogens with zero attached hydrogens (tertiary/aromatic N) is 1. The molecule has 0 heterocycles. The van der Waals surface area contributed by atoms with Crippen LogP contribution in [-0.4, -0.2) is 13.3 Å². The molecule has 0 amide bonds. The highest BCUT2D eigenvalue weighted by Gasteiger charge is 2.08. The van der Waals surface area contributed by atoms with Crippen molar-refractivity contribution >= 4 is 35.1 Å². The van der Waals surface area contributed by atoms with Crippen molar-refractivity contribution in [1.29, 1.82) is 0 Å². The smallest absolute Gasteiger partial charge is 0.161 e. The summed E-state index contributed by atoms with van der Waals surface area (Å²) in [6.45, 7) is 0.323. The standard InChI is InChI=1S/C21H17Cl2NO2/c1-25-21-11-15(13-24-18-5-3-2-4-6-18)7-10-20(21)26-14-16-8-9-17(22)12-19(16)23/h2-13H,14H2,1H3. The molecule has 0 aliphatic heterocycles. The molecule has 0 aromatic heterocycles. The van der Waals surface area contributed by atoms with Crippen LogP contribution in [0.15, 0.2) is 71.7 Å². The lowest BCUT2D eigenvalue weighted by Gasteiger charge is -2.12. The highest BCUT2D eigenvalue weighted by Crippen LogP contribution is 2.30. The van der Waals surface area contributed by atoms with Gasteiger partial charge in [0, 0.05) is 21.8 Å². The molecular formula is C21H17Cl2NO2. The van der Waals surface area contributed by atoms with Crippen LogP contribution in [-0.2, 0) is 6.61 Å². The number of para-hydroxylation sites is 1. The number of aliphatic imine (C=N–C) groups is 1. The third-order valence-corrected chi connectivity index (χ3v) is 4.29. The van der Waals surface area contributed by atoms with E-state index < -0.39 is 0 Å². The van der Waals surface area contributed by atoms with Gasteiger partial charge < -0.3 is 9.47 Å². The Hall–Kier alpha value is -2.49. The van der Waals surface area contributed by atoms with Crippen molar-refractivity contribution in [2.45, 2.75) is 6.61 Å². The summed E-state index contributed by atoms with van der Waals surface area (Å²) in [6.07, 6.45) is 1.79. The van der Waals surface area contributed by atoms with E-state index in [-0.39, 0.29) is 0 Å². The minimum atomic E-state index is 0.323. The van der Waals surface area contributed by atoms with Crippen molar-refractivity contribution in [1.82, 2.24) is 0 Å². The van der Waals surface area contributed by atoms with Gasteiger partial charge in [0.05, 0.1) is 12.8 Å². The summed E-state index contributed by atoms with van der Waals surface area (Å²) in [4.78, 5) is 4.44. The Morgan fingerprint density at radius 3 is 2.46 bits per heavy atom. The van der Waals surface area contributed by atoms with Crippen LogP contribution in [0, 0.1) is 0 Å². The largest absolute Gasteiger partial charge is 0.493 e. The number of benzene rings is 3. The first-order valence-electron chi connectivity index (χ1n) is 7.99. The lowest BCUT2D eigenvalue weighted by atomic mass is 10.2. The third-order valence-electron chi connectivity index (χ3n) is 3.70. The van der Waals surface area contributed by atoms with Crippen LogP contribution in [0.4, 0.5) is 5.69 Å². The molecule has 3 aromatic rings. The van der Waals surface area contributed by atoms with Crippen molar-refractivity contribution in [2.75, 3.05) is 7.11 Å². The molecular weight excluding hydrogens is 369 g/mol. The summed E-state index contributed by atoms with van der Waals surface area (Å²) in [5, 5.41) is 1.17. The molecule has 0 aliphatic carbocycles. The van der Waals surface area contributed by atoms with E-state index in [1.807, 2.05) is 54.6 Å². The van der Waals surface area contributed by atoms with Gasteiger partial charge in [0.25, 0.3) is 0 Å². The average molecular weight is 386 g/mol. The fraction of sp³-hybridized carbons (Fsp3) is 0.0952. The SMILES string of the molecule is COc1cc(C=Nc2ccccc2)ccc1OCc1ccc(Cl)cc1Cl. The van der Waals surface area contributed by atoms with E-state index in [1.165, 1.54) is 0 Å². The molecule has 0 atom stereocenters. The zero-order valence-electron chi connectivity index (χ0n) is 14.2. The summed E-state index contributed by atoms with van der Waals surface area (Å²) < 4.78 is 11.3. The van der Waals surface area contributed by atoms with E-state index in [1.54, 1.807) is 25.5 Å². The van der Waals surface area contributed by atoms with Gasteiger partial charge in [0.15, 0.2) is 11.5 Å². The second-order valence-corrected chi connectivity index (χ2v) is 6.37. The van der Waals surface area contributed by atoms with Crippen LogP contribution < -0.4 is 9.47 Å². The molecule has 3 nitrogen and oxygen atoms in total. The fourth-order valence-corrected chi connectivity index (χ4v) is 2.80. The summed E-state index contributed by atoms with van der Waals surface area (Å²) in [6, 6.07) is 20.7. The maximum Gasteiger partial charge on any atom is 0.161 e. The van der Waals surface area contributed by atoms with Crippen molar-refractivity contribution in [3.05, 3.63) is 87.9 Å². The highest BCUT2D eigenvalue weighted by molar-refractivity contribution is 6.35.